The summed E-state index contributed by atoms with van der Waals surface area (Å²) in [5.41, 5.74) is 5.77. The average molecular weight is 229 g/mol. The molecule has 1 aromatic carbocycles. The number of rotatable bonds is 4. The highest BCUT2D eigenvalue weighted by atomic mass is 19.1. The summed E-state index contributed by atoms with van der Waals surface area (Å²) in [6.45, 7) is 3.41. The maximum atomic E-state index is 13.7. The fraction of sp³-hybridized carbons (Fsp3) is 0.500. The minimum atomic E-state index is -1.01. The first-order valence-corrected chi connectivity index (χ1v) is 5.37. The lowest BCUT2D eigenvalue weighted by atomic mass is 9.96. The van der Waals surface area contributed by atoms with Gasteiger partial charge in [-0.3, -0.25) is 0 Å². The van der Waals surface area contributed by atoms with Crippen molar-refractivity contribution in [2.45, 2.75) is 38.8 Å². The topological polar surface area (TPSA) is 46.2 Å². The Morgan fingerprint density at radius 2 is 2.00 bits per heavy atom. The molecule has 0 aliphatic carbocycles. The Labute approximate surface area is 94.1 Å². The van der Waals surface area contributed by atoms with Gasteiger partial charge in [-0.25, -0.2) is 8.78 Å². The van der Waals surface area contributed by atoms with E-state index >= 15 is 0 Å². The second kappa shape index (κ2) is 5.37. The Morgan fingerprint density at radius 1 is 1.38 bits per heavy atom. The molecule has 0 aromatic heterocycles. The fourth-order valence-corrected chi connectivity index (χ4v) is 1.65. The van der Waals surface area contributed by atoms with E-state index in [1.807, 2.05) is 6.92 Å². The molecule has 0 aliphatic rings. The Kier molecular flexibility index (Phi) is 4.38. The molecule has 4 heteroatoms. The molecule has 0 spiro atoms. The minimum Gasteiger partial charge on any atom is -0.391 e. The highest BCUT2D eigenvalue weighted by molar-refractivity contribution is 5.29. The van der Waals surface area contributed by atoms with E-state index in [1.54, 1.807) is 0 Å². The van der Waals surface area contributed by atoms with Crippen LogP contribution >= 0.6 is 0 Å². The van der Waals surface area contributed by atoms with Gasteiger partial charge in [0.1, 0.15) is 11.6 Å². The molecule has 90 valence electrons. The van der Waals surface area contributed by atoms with E-state index in [0.29, 0.717) is 18.4 Å². The maximum absolute atomic E-state index is 13.7. The normalized spacial score (nSPS) is 14.9. The first-order valence-electron chi connectivity index (χ1n) is 5.37. The van der Waals surface area contributed by atoms with Crippen molar-refractivity contribution in [3.05, 3.63) is 34.9 Å². The molecule has 0 radical (unpaired) electrons. The van der Waals surface area contributed by atoms with Gasteiger partial charge in [0.15, 0.2) is 0 Å². The van der Waals surface area contributed by atoms with Gasteiger partial charge >= 0.3 is 0 Å². The second-order valence-corrected chi connectivity index (χ2v) is 3.97. The number of hydrogen-bond acceptors (Lipinski definition) is 2. The number of hydrogen-bond donors (Lipinski definition) is 2. The fourth-order valence-electron chi connectivity index (χ4n) is 1.65. The lowest BCUT2D eigenvalue weighted by Gasteiger charge is -2.20. The van der Waals surface area contributed by atoms with Crippen molar-refractivity contribution in [2.24, 2.45) is 5.73 Å². The summed E-state index contributed by atoms with van der Waals surface area (Å²) in [6, 6.07) is 1.51. The van der Waals surface area contributed by atoms with Crippen LogP contribution in [-0.4, -0.2) is 11.2 Å². The molecule has 0 saturated heterocycles. The molecular formula is C12H17F2NO. The second-order valence-electron chi connectivity index (χ2n) is 3.97. The zero-order chi connectivity index (χ0) is 12.3. The van der Waals surface area contributed by atoms with E-state index < -0.39 is 23.8 Å². The number of halogens is 2. The molecule has 0 aliphatic heterocycles. The summed E-state index contributed by atoms with van der Waals surface area (Å²) < 4.78 is 27.1. The lowest BCUT2D eigenvalue weighted by molar-refractivity contribution is 0.131. The summed E-state index contributed by atoms with van der Waals surface area (Å²) >= 11 is 0. The van der Waals surface area contributed by atoms with Gasteiger partial charge in [0, 0.05) is 5.56 Å². The third kappa shape index (κ3) is 2.57. The molecule has 0 bridgehead atoms. The highest BCUT2D eigenvalue weighted by Gasteiger charge is 2.23. The molecular weight excluding hydrogens is 212 g/mol. The van der Waals surface area contributed by atoms with Gasteiger partial charge in [0.05, 0.1) is 12.1 Å². The smallest absolute Gasteiger partial charge is 0.133 e. The van der Waals surface area contributed by atoms with Crippen molar-refractivity contribution in [3.63, 3.8) is 0 Å². The Balaban J connectivity index is 3.07. The monoisotopic (exact) mass is 229 g/mol. The first-order chi connectivity index (χ1) is 7.49. The average Bonchev–Trinajstić information content (AvgIpc) is 2.24. The maximum Gasteiger partial charge on any atom is 0.133 e. The standard InChI is InChI=1S/C12H17F2NO/c1-3-4-9(16)12(15)10-8(13)6-5-7(2)11(10)14/h5-6,9,12,16H,3-4,15H2,1-2H3/t9-,12-/m0/s1. The van der Waals surface area contributed by atoms with Crippen LogP contribution < -0.4 is 5.73 Å². The third-order valence-electron chi connectivity index (χ3n) is 2.65. The van der Waals surface area contributed by atoms with E-state index in [2.05, 4.69) is 0 Å². The summed E-state index contributed by atoms with van der Waals surface area (Å²) in [5, 5.41) is 9.65. The number of aliphatic hydroxyl groups excluding tert-OH is 1. The van der Waals surface area contributed by atoms with Gasteiger partial charge in [0.25, 0.3) is 0 Å². The lowest BCUT2D eigenvalue weighted by Crippen LogP contribution is -2.28. The number of benzene rings is 1. The van der Waals surface area contributed by atoms with Crippen LogP contribution in [0, 0.1) is 18.6 Å². The van der Waals surface area contributed by atoms with Crippen LogP contribution in [0.1, 0.15) is 36.9 Å². The molecule has 0 heterocycles. The Morgan fingerprint density at radius 3 is 2.56 bits per heavy atom. The highest BCUT2D eigenvalue weighted by Crippen LogP contribution is 2.25. The van der Waals surface area contributed by atoms with Crippen LogP contribution in [0.5, 0.6) is 0 Å². The van der Waals surface area contributed by atoms with E-state index in [9.17, 15) is 13.9 Å². The van der Waals surface area contributed by atoms with Crippen LogP contribution in [-0.2, 0) is 0 Å². The van der Waals surface area contributed by atoms with Gasteiger partial charge in [-0.05, 0) is 25.0 Å². The summed E-state index contributed by atoms with van der Waals surface area (Å²) in [7, 11) is 0. The molecule has 1 rings (SSSR count). The SMILES string of the molecule is CCC[C@H](O)[C@H](N)c1c(F)ccc(C)c1F. The van der Waals surface area contributed by atoms with Crippen molar-refractivity contribution in [3.8, 4) is 0 Å². The summed E-state index contributed by atoms with van der Waals surface area (Å²) in [6.07, 6.45) is 0.216. The quantitative estimate of drug-likeness (QED) is 0.833. The summed E-state index contributed by atoms with van der Waals surface area (Å²) in [4.78, 5) is 0. The molecule has 0 amide bonds. The van der Waals surface area contributed by atoms with E-state index in [1.165, 1.54) is 19.1 Å². The van der Waals surface area contributed by atoms with Gasteiger partial charge in [-0.2, -0.15) is 0 Å². The van der Waals surface area contributed by atoms with Crippen LogP contribution in [0.3, 0.4) is 0 Å². The molecule has 0 fully saturated rings. The molecule has 2 atom stereocenters. The van der Waals surface area contributed by atoms with E-state index in [-0.39, 0.29) is 5.56 Å². The summed E-state index contributed by atoms with van der Waals surface area (Å²) in [5.74, 6) is -1.37. The van der Waals surface area contributed by atoms with E-state index in [0.717, 1.165) is 0 Å². The zero-order valence-corrected chi connectivity index (χ0v) is 9.50. The van der Waals surface area contributed by atoms with E-state index in [4.69, 9.17) is 5.73 Å². The van der Waals surface area contributed by atoms with Crippen LogP contribution in [0.25, 0.3) is 0 Å². The molecule has 2 nitrogen and oxygen atoms in total. The van der Waals surface area contributed by atoms with Crippen molar-refractivity contribution in [1.82, 2.24) is 0 Å². The van der Waals surface area contributed by atoms with Crippen molar-refractivity contribution in [2.75, 3.05) is 0 Å². The minimum absolute atomic E-state index is 0.221. The molecule has 0 saturated carbocycles. The predicted molar refractivity (Wildman–Crippen MR) is 58.9 cm³/mol. The van der Waals surface area contributed by atoms with Crippen LogP contribution in [0.15, 0.2) is 12.1 Å². The largest absolute Gasteiger partial charge is 0.391 e. The van der Waals surface area contributed by atoms with Crippen LogP contribution in [0.4, 0.5) is 8.78 Å². The Hall–Kier alpha value is -1.00. The predicted octanol–water partition coefficient (Wildman–Crippen LogP) is 2.43. The van der Waals surface area contributed by atoms with Crippen LogP contribution in [0.2, 0.25) is 0 Å². The van der Waals surface area contributed by atoms with Gasteiger partial charge < -0.3 is 10.8 Å². The number of aryl methyl sites for hydroxylation is 1. The first kappa shape index (κ1) is 13.1. The van der Waals surface area contributed by atoms with Gasteiger partial charge in [-0.1, -0.05) is 19.4 Å². The zero-order valence-electron chi connectivity index (χ0n) is 9.50. The van der Waals surface area contributed by atoms with Crippen molar-refractivity contribution >= 4 is 0 Å². The van der Waals surface area contributed by atoms with Crippen molar-refractivity contribution in [1.29, 1.82) is 0 Å². The number of aliphatic hydroxyl groups is 1. The molecule has 0 unspecified atom stereocenters. The Bertz CT molecular complexity index is 368. The van der Waals surface area contributed by atoms with Crippen molar-refractivity contribution < 1.29 is 13.9 Å². The third-order valence-corrected chi connectivity index (χ3v) is 2.65. The van der Waals surface area contributed by atoms with Gasteiger partial charge in [-0.15, -0.1) is 0 Å². The number of nitrogens with two attached hydrogens (primary N) is 1. The molecule has 1 aromatic rings. The van der Waals surface area contributed by atoms with Gasteiger partial charge in [0.2, 0.25) is 0 Å². The molecule has 3 N–H and O–H groups in total. The molecule has 16 heavy (non-hydrogen) atoms.